The van der Waals surface area contributed by atoms with Crippen LogP contribution in [0.5, 0.6) is 0 Å². The summed E-state index contributed by atoms with van der Waals surface area (Å²) in [5, 5.41) is 3.90. The topological polar surface area (TPSA) is 70.1 Å². The molecule has 0 atom stereocenters. The van der Waals surface area contributed by atoms with Gasteiger partial charge >= 0.3 is 0 Å². The number of aromatic amines is 1. The van der Waals surface area contributed by atoms with Crippen molar-refractivity contribution in [2.45, 2.75) is 13.1 Å². The molecule has 166 valence electrons. The summed E-state index contributed by atoms with van der Waals surface area (Å²) < 4.78 is 2.18. The van der Waals surface area contributed by atoms with Crippen LogP contribution in [0.3, 0.4) is 0 Å². The molecular formula is C28H22N4O2. The van der Waals surface area contributed by atoms with Crippen molar-refractivity contribution in [2.24, 2.45) is 0 Å². The average molecular weight is 447 g/mol. The lowest BCUT2D eigenvalue weighted by Gasteiger charge is -2.23. The number of rotatable bonds is 3. The van der Waals surface area contributed by atoms with E-state index in [1.54, 1.807) is 30.3 Å². The fraction of sp³-hybridized carbons (Fsp3) is 0.0714. The van der Waals surface area contributed by atoms with E-state index in [0.29, 0.717) is 23.4 Å². The Morgan fingerprint density at radius 1 is 0.824 bits per heavy atom. The van der Waals surface area contributed by atoms with Crippen LogP contribution in [0.4, 0.5) is 11.4 Å². The number of benzene rings is 3. The van der Waals surface area contributed by atoms with Gasteiger partial charge in [0.15, 0.2) is 0 Å². The first-order valence-corrected chi connectivity index (χ1v) is 11.2. The molecule has 0 saturated carbocycles. The van der Waals surface area contributed by atoms with Gasteiger partial charge in [0, 0.05) is 58.0 Å². The fourth-order valence-corrected chi connectivity index (χ4v) is 4.52. The van der Waals surface area contributed by atoms with Crippen LogP contribution in [0.15, 0.2) is 97.3 Å². The second kappa shape index (κ2) is 8.08. The van der Waals surface area contributed by atoms with E-state index in [2.05, 4.69) is 27.0 Å². The smallest absolute Gasteiger partial charge is 0.258 e. The molecule has 2 aromatic heterocycles. The number of aromatic nitrogens is 2. The van der Waals surface area contributed by atoms with E-state index in [-0.39, 0.29) is 11.8 Å². The quantitative estimate of drug-likeness (QED) is 0.388. The van der Waals surface area contributed by atoms with Crippen LogP contribution in [0.1, 0.15) is 32.0 Å². The highest BCUT2D eigenvalue weighted by Crippen LogP contribution is 2.29. The van der Waals surface area contributed by atoms with Crippen molar-refractivity contribution in [1.82, 2.24) is 9.55 Å². The van der Waals surface area contributed by atoms with E-state index in [1.807, 2.05) is 59.8 Å². The standard InChI is InChI=1S/C28H22N4O2/c33-27(21-9-12-25-20(16-21)13-14-29-25)30-23-10-7-19(8-11-23)28(34)32-18-24-5-3-15-31(24)17-22-4-1-2-6-26(22)32/h1-16,29H,17-18H2,(H,30,33). The molecule has 0 fully saturated rings. The van der Waals surface area contributed by atoms with Gasteiger partial charge in [-0.2, -0.15) is 0 Å². The molecule has 2 amide bonds. The molecule has 0 unspecified atom stereocenters. The number of amides is 2. The Morgan fingerprint density at radius 3 is 2.53 bits per heavy atom. The number of para-hydroxylation sites is 1. The van der Waals surface area contributed by atoms with Gasteiger partial charge < -0.3 is 19.8 Å². The molecule has 1 aliphatic rings. The number of anilines is 2. The fourth-order valence-electron chi connectivity index (χ4n) is 4.52. The molecule has 1 aliphatic heterocycles. The summed E-state index contributed by atoms with van der Waals surface area (Å²) in [6.45, 7) is 1.24. The van der Waals surface area contributed by atoms with Crippen LogP contribution in [0.2, 0.25) is 0 Å². The summed E-state index contributed by atoms with van der Waals surface area (Å²) in [5.41, 5.74) is 5.90. The molecule has 6 heteroatoms. The van der Waals surface area contributed by atoms with Crippen molar-refractivity contribution in [3.63, 3.8) is 0 Å². The molecule has 34 heavy (non-hydrogen) atoms. The van der Waals surface area contributed by atoms with E-state index in [0.717, 1.165) is 34.4 Å². The zero-order chi connectivity index (χ0) is 23.1. The van der Waals surface area contributed by atoms with Gasteiger partial charge in [0.2, 0.25) is 0 Å². The molecule has 0 bridgehead atoms. The molecule has 6 rings (SSSR count). The Kier molecular flexibility index (Phi) is 4.77. The molecule has 0 saturated heterocycles. The Balaban J connectivity index is 1.23. The van der Waals surface area contributed by atoms with Crippen molar-refractivity contribution in [2.75, 3.05) is 10.2 Å². The zero-order valence-corrected chi connectivity index (χ0v) is 18.4. The molecule has 3 aromatic carbocycles. The van der Waals surface area contributed by atoms with Crippen molar-refractivity contribution in [3.8, 4) is 0 Å². The van der Waals surface area contributed by atoms with Crippen molar-refractivity contribution in [1.29, 1.82) is 0 Å². The van der Waals surface area contributed by atoms with Gasteiger partial charge in [-0.1, -0.05) is 18.2 Å². The minimum absolute atomic E-state index is 0.0714. The number of H-pyrrole nitrogens is 1. The van der Waals surface area contributed by atoms with Crippen LogP contribution in [0, 0.1) is 0 Å². The zero-order valence-electron chi connectivity index (χ0n) is 18.4. The molecule has 0 spiro atoms. The summed E-state index contributed by atoms with van der Waals surface area (Å²) in [6.07, 6.45) is 3.90. The van der Waals surface area contributed by atoms with Crippen LogP contribution < -0.4 is 10.2 Å². The van der Waals surface area contributed by atoms with E-state index in [1.165, 1.54) is 0 Å². The monoisotopic (exact) mass is 446 g/mol. The van der Waals surface area contributed by atoms with E-state index in [9.17, 15) is 9.59 Å². The van der Waals surface area contributed by atoms with E-state index < -0.39 is 0 Å². The third-order valence-electron chi connectivity index (χ3n) is 6.32. The number of hydrogen-bond acceptors (Lipinski definition) is 2. The largest absolute Gasteiger partial charge is 0.361 e. The van der Waals surface area contributed by atoms with Crippen molar-refractivity contribution < 1.29 is 9.59 Å². The third-order valence-corrected chi connectivity index (χ3v) is 6.32. The predicted octanol–water partition coefficient (Wildman–Crippen LogP) is 5.43. The SMILES string of the molecule is O=C(Nc1ccc(C(=O)N2Cc3cccn3Cc3ccccc32)cc1)c1ccc2[nH]ccc2c1. The maximum absolute atomic E-state index is 13.5. The highest BCUT2D eigenvalue weighted by atomic mass is 16.2. The van der Waals surface area contributed by atoms with Crippen LogP contribution in [-0.2, 0) is 13.1 Å². The lowest BCUT2D eigenvalue weighted by molar-refractivity contribution is 0.0984. The average Bonchev–Trinajstić information content (AvgIpc) is 3.49. The summed E-state index contributed by atoms with van der Waals surface area (Å²) in [5.74, 6) is -0.262. The Labute approximate surface area is 196 Å². The molecule has 2 N–H and O–H groups in total. The second-order valence-electron chi connectivity index (χ2n) is 8.46. The summed E-state index contributed by atoms with van der Waals surface area (Å²) in [6, 6.07) is 26.6. The van der Waals surface area contributed by atoms with Crippen LogP contribution >= 0.6 is 0 Å². The van der Waals surface area contributed by atoms with Crippen molar-refractivity contribution >= 4 is 34.1 Å². The maximum atomic E-state index is 13.5. The molecule has 0 radical (unpaired) electrons. The number of fused-ring (bicyclic) bond motifs is 3. The van der Waals surface area contributed by atoms with Crippen LogP contribution in [0.25, 0.3) is 10.9 Å². The lowest BCUT2D eigenvalue weighted by atomic mass is 10.1. The minimum atomic E-state index is -0.190. The molecular weight excluding hydrogens is 424 g/mol. The maximum Gasteiger partial charge on any atom is 0.258 e. The Hall–Kier alpha value is -4.58. The van der Waals surface area contributed by atoms with E-state index in [4.69, 9.17) is 0 Å². The highest BCUT2D eigenvalue weighted by molar-refractivity contribution is 6.08. The highest BCUT2D eigenvalue weighted by Gasteiger charge is 2.24. The van der Waals surface area contributed by atoms with Gasteiger partial charge in [-0.3, -0.25) is 9.59 Å². The summed E-state index contributed by atoms with van der Waals surface area (Å²) >= 11 is 0. The number of carbonyl (C=O) groups excluding carboxylic acids is 2. The van der Waals surface area contributed by atoms with Crippen molar-refractivity contribution in [3.05, 3.63) is 120 Å². The molecule has 5 aromatic rings. The van der Waals surface area contributed by atoms with Gasteiger partial charge in [0.1, 0.15) is 0 Å². The summed E-state index contributed by atoms with van der Waals surface area (Å²) in [7, 11) is 0. The number of hydrogen-bond donors (Lipinski definition) is 2. The van der Waals surface area contributed by atoms with Gasteiger partial charge in [-0.05, 0) is 72.3 Å². The Morgan fingerprint density at radius 2 is 1.65 bits per heavy atom. The van der Waals surface area contributed by atoms with E-state index >= 15 is 0 Å². The number of nitrogens with zero attached hydrogens (tertiary/aromatic N) is 2. The molecule has 6 nitrogen and oxygen atoms in total. The second-order valence-corrected chi connectivity index (χ2v) is 8.46. The Bertz CT molecular complexity index is 1530. The van der Waals surface area contributed by atoms with Crippen LogP contribution in [-0.4, -0.2) is 21.4 Å². The van der Waals surface area contributed by atoms with Gasteiger partial charge in [0.05, 0.1) is 6.54 Å². The predicted molar refractivity (Wildman–Crippen MR) is 133 cm³/mol. The molecule has 3 heterocycles. The lowest BCUT2D eigenvalue weighted by Crippen LogP contribution is -2.30. The number of nitrogens with one attached hydrogen (secondary N) is 2. The summed E-state index contributed by atoms with van der Waals surface area (Å²) in [4.78, 5) is 31.2. The van der Waals surface area contributed by atoms with Gasteiger partial charge in [-0.25, -0.2) is 0 Å². The third kappa shape index (κ3) is 3.55. The first-order chi connectivity index (χ1) is 16.7. The molecule has 0 aliphatic carbocycles. The number of carbonyl (C=O) groups is 2. The van der Waals surface area contributed by atoms with Gasteiger partial charge in [-0.15, -0.1) is 0 Å². The van der Waals surface area contributed by atoms with Gasteiger partial charge in [0.25, 0.3) is 11.8 Å². The minimum Gasteiger partial charge on any atom is -0.361 e. The first kappa shape index (κ1) is 20.1. The normalized spacial score (nSPS) is 12.6. The first-order valence-electron chi connectivity index (χ1n) is 11.2.